The molecule has 0 heterocycles. The second-order valence-corrected chi connectivity index (χ2v) is 7.74. The summed E-state index contributed by atoms with van der Waals surface area (Å²) in [5, 5.41) is 5.62. The van der Waals surface area contributed by atoms with Crippen LogP contribution in [0.15, 0.2) is 65.1 Å². The van der Waals surface area contributed by atoms with E-state index in [-0.39, 0.29) is 0 Å². The van der Waals surface area contributed by atoms with E-state index in [0.29, 0.717) is 0 Å². The lowest BCUT2D eigenvalue weighted by molar-refractivity contribution is 1.15. The van der Waals surface area contributed by atoms with Crippen LogP contribution in [-0.4, -0.2) is 0 Å². The third kappa shape index (κ3) is 2.66. The van der Waals surface area contributed by atoms with Crippen LogP contribution in [0.1, 0.15) is 30.5 Å². The van der Waals surface area contributed by atoms with Crippen molar-refractivity contribution in [1.82, 2.24) is 0 Å². The second-order valence-electron chi connectivity index (χ2n) is 6.88. The average Bonchev–Trinajstić information content (AvgIpc) is 2.67. The van der Waals surface area contributed by atoms with Crippen LogP contribution in [-0.2, 0) is 12.8 Å². The van der Waals surface area contributed by atoms with E-state index < -0.39 is 0 Å². The molecule has 0 radical (unpaired) electrons. The van der Waals surface area contributed by atoms with Crippen molar-refractivity contribution in [3.05, 3.63) is 81.8 Å². The van der Waals surface area contributed by atoms with Crippen molar-refractivity contribution >= 4 is 37.5 Å². The van der Waals surface area contributed by atoms with E-state index in [9.17, 15) is 0 Å². The van der Waals surface area contributed by atoms with E-state index in [4.69, 9.17) is 0 Å². The minimum Gasteiger partial charge on any atom is -0.0616 e. The molecule has 4 aromatic rings. The fourth-order valence-corrected chi connectivity index (χ4v) is 4.57. The van der Waals surface area contributed by atoms with Crippen molar-refractivity contribution in [3.63, 3.8) is 0 Å². The van der Waals surface area contributed by atoms with Gasteiger partial charge in [0.05, 0.1) is 0 Å². The van der Waals surface area contributed by atoms with Gasteiger partial charge in [0.25, 0.3) is 0 Å². The summed E-state index contributed by atoms with van der Waals surface area (Å²) in [5.74, 6) is 0. The number of aryl methyl sites for hydroxylation is 2. The van der Waals surface area contributed by atoms with Gasteiger partial charge >= 0.3 is 0 Å². The number of benzene rings is 4. The summed E-state index contributed by atoms with van der Waals surface area (Å²) in [7, 11) is 0. The minimum atomic E-state index is 1.04. The van der Waals surface area contributed by atoms with Gasteiger partial charge in [0.1, 0.15) is 0 Å². The molecule has 4 rings (SSSR count). The SMILES string of the molecule is CCc1c2ccccc2c(CC)c2cc(-c3cccc(Br)c3C)ccc12. The molecule has 1 heteroatoms. The Bertz CT molecular complexity index is 1120. The first kappa shape index (κ1) is 17.3. The van der Waals surface area contributed by atoms with Crippen LogP contribution in [0.3, 0.4) is 0 Å². The van der Waals surface area contributed by atoms with E-state index in [1.807, 2.05) is 0 Å². The summed E-state index contributed by atoms with van der Waals surface area (Å²) in [6.45, 7) is 6.71. The third-order valence-corrected chi connectivity index (χ3v) is 6.39. The van der Waals surface area contributed by atoms with Crippen molar-refractivity contribution in [1.29, 1.82) is 0 Å². The maximum absolute atomic E-state index is 3.68. The molecule has 26 heavy (non-hydrogen) atoms. The Hall–Kier alpha value is -2.12. The molecule has 0 saturated carbocycles. The Morgan fingerprint density at radius 3 is 1.96 bits per heavy atom. The van der Waals surface area contributed by atoms with E-state index >= 15 is 0 Å². The summed E-state index contributed by atoms with van der Waals surface area (Å²) in [5.41, 5.74) is 6.81. The van der Waals surface area contributed by atoms with Gasteiger partial charge in [0, 0.05) is 4.47 Å². The molecule has 0 aliphatic heterocycles. The molecule has 0 amide bonds. The summed E-state index contributed by atoms with van der Waals surface area (Å²) in [6.07, 6.45) is 2.10. The molecular weight excluding hydrogens is 380 g/mol. The first-order chi connectivity index (χ1) is 12.7. The molecule has 0 aliphatic rings. The Morgan fingerprint density at radius 2 is 1.31 bits per heavy atom. The van der Waals surface area contributed by atoms with E-state index in [1.165, 1.54) is 53.8 Å². The molecule has 4 aromatic carbocycles. The molecule has 130 valence electrons. The van der Waals surface area contributed by atoms with Gasteiger partial charge < -0.3 is 0 Å². The first-order valence-electron chi connectivity index (χ1n) is 9.37. The number of fused-ring (bicyclic) bond motifs is 2. The van der Waals surface area contributed by atoms with Crippen molar-refractivity contribution in [2.24, 2.45) is 0 Å². The van der Waals surface area contributed by atoms with Gasteiger partial charge in [-0.15, -0.1) is 0 Å². The Balaban J connectivity index is 2.10. The summed E-state index contributed by atoms with van der Waals surface area (Å²) in [4.78, 5) is 0. The Labute approximate surface area is 164 Å². The predicted octanol–water partition coefficient (Wildman–Crippen LogP) is 7.86. The Morgan fingerprint density at radius 1 is 0.692 bits per heavy atom. The summed E-state index contributed by atoms with van der Waals surface area (Å²) in [6, 6.07) is 22.3. The van der Waals surface area contributed by atoms with Gasteiger partial charge in [0.2, 0.25) is 0 Å². The third-order valence-electron chi connectivity index (χ3n) is 5.53. The minimum absolute atomic E-state index is 1.04. The topological polar surface area (TPSA) is 0 Å². The second kappa shape index (κ2) is 6.89. The van der Waals surface area contributed by atoms with Gasteiger partial charge in [-0.1, -0.05) is 78.3 Å². The van der Waals surface area contributed by atoms with E-state index in [2.05, 4.69) is 97.4 Å². The molecule has 0 spiro atoms. The zero-order chi connectivity index (χ0) is 18.3. The van der Waals surface area contributed by atoms with Crippen LogP contribution >= 0.6 is 15.9 Å². The number of hydrogen-bond acceptors (Lipinski definition) is 0. The van der Waals surface area contributed by atoms with Gasteiger partial charge in [-0.25, -0.2) is 0 Å². The van der Waals surface area contributed by atoms with Crippen molar-refractivity contribution in [3.8, 4) is 11.1 Å². The zero-order valence-corrected chi connectivity index (χ0v) is 17.2. The van der Waals surface area contributed by atoms with Gasteiger partial charge in [0.15, 0.2) is 0 Å². The van der Waals surface area contributed by atoms with Crippen molar-refractivity contribution < 1.29 is 0 Å². The van der Waals surface area contributed by atoms with Crippen LogP contribution in [0.4, 0.5) is 0 Å². The summed E-state index contributed by atoms with van der Waals surface area (Å²) >= 11 is 3.68. The molecule has 0 saturated heterocycles. The molecule has 0 nitrogen and oxygen atoms in total. The standard InChI is InChI=1S/C25H23Br/c1-4-18-21-9-6-7-10-22(21)19(5-2)24-15-17(13-14-23(18)24)20-11-8-12-25(26)16(20)3/h6-15H,4-5H2,1-3H3. The van der Waals surface area contributed by atoms with Crippen LogP contribution < -0.4 is 0 Å². The average molecular weight is 403 g/mol. The molecule has 0 aliphatic carbocycles. The highest BCUT2D eigenvalue weighted by molar-refractivity contribution is 9.10. The van der Waals surface area contributed by atoms with Crippen LogP contribution in [0.25, 0.3) is 32.7 Å². The first-order valence-corrected chi connectivity index (χ1v) is 10.2. The molecule has 0 fully saturated rings. The normalized spacial score (nSPS) is 11.4. The molecule has 0 aromatic heterocycles. The molecule has 0 atom stereocenters. The largest absolute Gasteiger partial charge is 0.0616 e. The van der Waals surface area contributed by atoms with Crippen LogP contribution in [0.2, 0.25) is 0 Å². The van der Waals surface area contributed by atoms with Crippen LogP contribution in [0, 0.1) is 6.92 Å². The smallest absolute Gasteiger partial charge is 0.0210 e. The lowest BCUT2D eigenvalue weighted by Gasteiger charge is -2.17. The lowest BCUT2D eigenvalue weighted by Crippen LogP contribution is -1.95. The molecule has 0 N–H and O–H groups in total. The Kier molecular flexibility index (Phi) is 4.58. The quantitative estimate of drug-likeness (QED) is 0.306. The molecule has 0 bridgehead atoms. The van der Waals surface area contributed by atoms with Gasteiger partial charge in [-0.3, -0.25) is 0 Å². The highest BCUT2D eigenvalue weighted by Crippen LogP contribution is 2.37. The fourth-order valence-electron chi connectivity index (χ4n) is 4.21. The van der Waals surface area contributed by atoms with E-state index in [0.717, 1.165) is 12.8 Å². The lowest BCUT2D eigenvalue weighted by atomic mass is 9.87. The highest BCUT2D eigenvalue weighted by Gasteiger charge is 2.13. The maximum atomic E-state index is 3.68. The zero-order valence-electron chi connectivity index (χ0n) is 15.6. The summed E-state index contributed by atoms with van der Waals surface area (Å²) < 4.78 is 1.17. The number of hydrogen-bond donors (Lipinski definition) is 0. The highest BCUT2D eigenvalue weighted by atomic mass is 79.9. The monoisotopic (exact) mass is 402 g/mol. The van der Waals surface area contributed by atoms with Gasteiger partial charge in [-0.05, 0) is 81.3 Å². The number of halogens is 1. The maximum Gasteiger partial charge on any atom is 0.0210 e. The van der Waals surface area contributed by atoms with Crippen LogP contribution in [0.5, 0.6) is 0 Å². The molecular formula is C25H23Br. The van der Waals surface area contributed by atoms with Crippen molar-refractivity contribution in [2.45, 2.75) is 33.6 Å². The van der Waals surface area contributed by atoms with Crippen molar-refractivity contribution in [2.75, 3.05) is 0 Å². The predicted molar refractivity (Wildman–Crippen MR) is 118 cm³/mol. The van der Waals surface area contributed by atoms with Gasteiger partial charge in [-0.2, -0.15) is 0 Å². The fraction of sp³-hybridized carbons (Fsp3) is 0.200. The van der Waals surface area contributed by atoms with E-state index in [1.54, 1.807) is 0 Å². The molecule has 0 unspecified atom stereocenters. The number of rotatable bonds is 3.